The van der Waals surface area contributed by atoms with Crippen LogP contribution in [-0.4, -0.2) is 64.2 Å². The molecule has 0 aliphatic carbocycles. The molecule has 1 saturated heterocycles. The Kier molecular flexibility index (Phi) is 6.26. The third-order valence-corrected chi connectivity index (χ3v) is 8.16. The average Bonchev–Trinajstić information content (AvgIpc) is 3.30. The molecule has 2 aliphatic heterocycles. The van der Waals surface area contributed by atoms with Gasteiger partial charge in [-0.1, -0.05) is 0 Å². The lowest BCUT2D eigenvalue weighted by atomic mass is 10.2. The number of carbonyl (C=O) groups excluding carboxylic acids is 1. The number of morpholine rings is 1. The molecule has 2 aliphatic rings. The third kappa shape index (κ3) is 4.78. The minimum absolute atomic E-state index is 0.0492. The van der Waals surface area contributed by atoms with Gasteiger partial charge < -0.3 is 14.4 Å². The van der Waals surface area contributed by atoms with Crippen LogP contribution >= 0.6 is 11.3 Å². The number of rotatable bonds is 6. The third-order valence-electron chi connectivity index (χ3n) is 5.75. The number of thiazole rings is 1. The van der Waals surface area contributed by atoms with Gasteiger partial charge in [0.25, 0.3) is 15.9 Å². The molecular weight excluding hydrogens is 476 g/mol. The highest BCUT2D eigenvalue weighted by atomic mass is 32.2. The van der Waals surface area contributed by atoms with Gasteiger partial charge in [-0.05, 0) is 42.5 Å². The molecule has 178 valence electrons. The zero-order valence-corrected chi connectivity index (χ0v) is 20.2. The van der Waals surface area contributed by atoms with Crippen LogP contribution in [0, 0.1) is 0 Å². The molecule has 34 heavy (non-hydrogen) atoms. The van der Waals surface area contributed by atoms with Crippen molar-refractivity contribution >= 4 is 38.6 Å². The summed E-state index contributed by atoms with van der Waals surface area (Å²) < 4.78 is 39.3. The van der Waals surface area contributed by atoms with Crippen molar-refractivity contribution < 1.29 is 22.7 Å². The Morgan fingerprint density at radius 1 is 1.12 bits per heavy atom. The molecule has 0 bridgehead atoms. The summed E-state index contributed by atoms with van der Waals surface area (Å²) in [6.07, 6.45) is 1.90. The Morgan fingerprint density at radius 3 is 2.65 bits per heavy atom. The molecule has 0 radical (unpaired) electrons. The summed E-state index contributed by atoms with van der Waals surface area (Å²) >= 11 is 1.63. The van der Waals surface area contributed by atoms with E-state index in [9.17, 15) is 13.2 Å². The van der Waals surface area contributed by atoms with Crippen LogP contribution in [0.15, 0.2) is 53.6 Å². The number of hydrogen-bond acceptors (Lipinski definition) is 8. The lowest BCUT2D eigenvalue weighted by Crippen LogP contribution is -2.35. The van der Waals surface area contributed by atoms with E-state index in [1.807, 2.05) is 18.3 Å². The predicted octanol–water partition coefficient (Wildman–Crippen LogP) is 2.80. The van der Waals surface area contributed by atoms with Gasteiger partial charge in [0.1, 0.15) is 10.8 Å². The fraction of sp³-hybridized carbons (Fsp3) is 0.304. The first-order valence-electron chi connectivity index (χ1n) is 10.8. The van der Waals surface area contributed by atoms with E-state index in [0.29, 0.717) is 17.1 Å². The molecule has 1 amide bonds. The summed E-state index contributed by atoms with van der Waals surface area (Å²) in [5, 5.41) is 0.889. The van der Waals surface area contributed by atoms with E-state index < -0.39 is 10.0 Å². The minimum atomic E-state index is -3.85. The molecule has 5 rings (SSSR count). The van der Waals surface area contributed by atoms with Gasteiger partial charge in [0.05, 0.1) is 23.8 Å². The highest BCUT2D eigenvalue weighted by Crippen LogP contribution is 2.34. The van der Waals surface area contributed by atoms with Crippen LogP contribution in [0.2, 0.25) is 0 Å². The smallest absolute Gasteiger partial charge is 0.264 e. The van der Waals surface area contributed by atoms with Crippen LogP contribution in [0.5, 0.6) is 5.75 Å². The minimum Gasteiger partial charge on any atom is -0.482 e. The normalized spacial score (nSPS) is 16.7. The Labute approximate surface area is 202 Å². The fourth-order valence-corrected chi connectivity index (χ4v) is 5.85. The number of hydrogen-bond donors (Lipinski definition) is 1. The molecule has 0 spiro atoms. The first-order valence-corrected chi connectivity index (χ1v) is 13.1. The maximum absolute atomic E-state index is 12.9. The molecule has 0 atom stereocenters. The Balaban J connectivity index is 1.28. The van der Waals surface area contributed by atoms with Crippen LogP contribution < -0.4 is 14.4 Å². The molecule has 3 heterocycles. The molecule has 0 unspecified atom stereocenters. The molecule has 11 heteroatoms. The Bertz CT molecular complexity index is 1300. The SMILES string of the molecule is CN1C(=O)COc2ccc(S(=O)(=O)Nc3ccc(-c4ncc(CN5CCOCC5)s4)cc3)cc21. The van der Waals surface area contributed by atoms with Gasteiger partial charge in [0.15, 0.2) is 6.61 Å². The zero-order chi connectivity index (χ0) is 23.7. The molecule has 9 nitrogen and oxygen atoms in total. The number of carbonyl (C=O) groups is 1. The molecule has 3 aromatic rings. The number of likely N-dealkylation sites (N-methyl/N-ethyl adjacent to an activating group) is 1. The van der Waals surface area contributed by atoms with Gasteiger partial charge in [-0.25, -0.2) is 13.4 Å². The van der Waals surface area contributed by atoms with Crippen molar-refractivity contribution in [1.29, 1.82) is 0 Å². The first-order chi connectivity index (χ1) is 16.4. The standard InChI is InChI=1S/C23H24N4O5S2/c1-26-20-12-19(6-7-21(20)32-15-22(26)28)34(29,30)25-17-4-2-16(3-5-17)23-24-13-18(33-23)14-27-8-10-31-11-9-27/h2-7,12-13,25H,8-11,14-15H2,1H3. The van der Waals surface area contributed by atoms with Gasteiger partial charge in [0.2, 0.25) is 0 Å². The largest absolute Gasteiger partial charge is 0.482 e. The van der Waals surface area contributed by atoms with E-state index in [4.69, 9.17) is 9.47 Å². The van der Waals surface area contributed by atoms with Gasteiger partial charge >= 0.3 is 0 Å². The summed E-state index contributed by atoms with van der Waals surface area (Å²) in [7, 11) is -2.26. The van der Waals surface area contributed by atoms with Crippen LogP contribution in [0.4, 0.5) is 11.4 Å². The van der Waals surface area contributed by atoms with Crippen molar-refractivity contribution in [2.45, 2.75) is 11.4 Å². The number of sulfonamides is 1. The number of fused-ring (bicyclic) bond motifs is 1. The monoisotopic (exact) mass is 500 g/mol. The highest BCUT2D eigenvalue weighted by Gasteiger charge is 2.25. The van der Waals surface area contributed by atoms with Crippen LogP contribution in [0.1, 0.15) is 4.88 Å². The summed E-state index contributed by atoms with van der Waals surface area (Å²) in [6.45, 7) is 4.16. The van der Waals surface area contributed by atoms with E-state index in [-0.39, 0.29) is 17.4 Å². The highest BCUT2D eigenvalue weighted by molar-refractivity contribution is 7.92. The van der Waals surface area contributed by atoms with E-state index in [0.717, 1.165) is 43.4 Å². The number of nitrogens with zero attached hydrogens (tertiary/aromatic N) is 3. The number of amides is 1. The number of anilines is 2. The summed E-state index contributed by atoms with van der Waals surface area (Å²) in [5.41, 5.74) is 1.78. The van der Waals surface area contributed by atoms with Gasteiger partial charge in [0, 0.05) is 49.0 Å². The number of aromatic nitrogens is 1. The van der Waals surface area contributed by atoms with Crippen molar-refractivity contribution in [1.82, 2.24) is 9.88 Å². The maximum Gasteiger partial charge on any atom is 0.264 e. The Morgan fingerprint density at radius 2 is 1.88 bits per heavy atom. The van der Waals surface area contributed by atoms with Crippen LogP contribution in [-0.2, 0) is 26.1 Å². The van der Waals surface area contributed by atoms with Gasteiger partial charge in [-0.2, -0.15) is 0 Å². The second-order valence-corrected chi connectivity index (χ2v) is 10.9. The van der Waals surface area contributed by atoms with Crippen molar-refractivity contribution in [2.75, 3.05) is 49.6 Å². The van der Waals surface area contributed by atoms with Crippen LogP contribution in [0.25, 0.3) is 10.6 Å². The van der Waals surface area contributed by atoms with Crippen molar-refractivity contribution in [3.63, 3.8) is 0 Å². The number of benzene rings is 2. The van der Waals surface area contributed by atoms with E-state index in [1.165, 1.54) is 21.9 Å². The van der Waals surface area contributed by atoms with Crippen molar-refractivity contribution in [2.24, 2.45) is 0 Å². The average molecular weight is 501 g/mol. The van der Waals surface area contributed by atoms with Gasteiger partial charge in [-0.15, -0.1) is 11.3 Å². The van der Waals surface area contributed by atoms with Crippen molar-refractivity contribution in [3.05, 3.63) is 53.5 Å². The lowest BCUT2D eigenvalue weighted by Gasteiger charge is -2.26. The molecule has 2 aromatic carbocycles. The maximum atomic E-state index is 12.9. The van der Waals surface area contributed by atoms with E-state index in [1.54, 1.807) is 36.6 Å². The predicted molar refractivity (Wildman–Crippen MR) is 130 cm³/mol. The zero-order valence-electron chi connectivity index (χ0n) is 18.6. The van der Waals surface area contributed by atoms with Gasteiger partial charge in [-0.3, -0.25) is 14.4 Å². The summed E-state index contributed by atoms with van der Waals surface area (Å²) in [5.74, 6) is 0.239. The molecular formula is C23H24N4O5S2. The summed E-state index contributed by atoms with van der Waals surface area (Å²) in [4.78, 5) is 21.4. The second kappa shape index (κ2) is 9.34. The molecule has 1 N–H and O–H groups in total. The fourth-order valence-electron chi connectivity index (χ4n) is 3.81. The quantitative estimate of drug-likeness (QED) is 0.555. The topological polar surface area (TPSA) is 101 Å². The molecule has 1 fully saturated rings. The molecule has 0 saturated carbocycles. The molecule has 1 aromatic heterocycles. The first kappa shape index (κ1) is 22.8. The number of ether oxygens (including phenoxy) is 2. The van der Waals surface area contributed by atoms with Crippen molar-refractivity contribution in [3.8, 4) is 16.3 Å². The summed E-state index contributed by atoms with van der Waals surface area (Å²) in [6, 6.07) is 11.6. The van der Waals surface area contributed by atoms with Crippen LogP contribution in [0.3, 0.4) is 0 Å². The number of nitrogens with one attached hydrogen (secondary N) is 1. The Hall–Kier alpha value is -2.99. The second-order valence-electron chi connectivity index (χ2n) is 8.07. The van der Waals surface area contributed by atoms with E-state index in [2.05, 4.69) is 14.6 Å². The van der Waals surface area contributed by atoms with E-state index >= 15 is 0 Å². The lowest BCUT2D eigenvalue weighted by molar-refractivity contribution is -0.121.